The van der Waals surface area contributed by atoms with Crippen LogP contribution in [0.5, 0.6) is 0 Å². The number of nitrogens with one attached hydrogen (secondary N) is 2. The number of thioether (sulfide) groups is 1. The summed E-state index contributed by atoms with van der Waals surface area (Å²) in [5.74, 6) is -0.705. The van der Waals surface area contributed by atoms with Gasteiger partial charge in [-0.05, 0) is 75.0 Å². The molecule has 3 aromatic rings. The Hall–Kier alpha value is -5.13. The number of imide groups is 1. The van der Waals surface area contributed by atoms with Crippen LogP contribution in [0.25, 0.3) is 11.3 Å². The maximum absolute atomic E-state index is 15.2. The van der Waals surface area contributed by atoms with Crippen molar-refractivity contribution in [2.24, 2.45) is 5.41 Å². The molecular formula is C47H64F2N6O8S. The second-order valence-electron chi connectivity index (χ2n) is 17.5. The lowest BCUT2D eigenvalue weighted by Crippen LogP contribution is -2.44. The average Bonchev–Trinajstić information content (AvgIpc) is 3.78. The first-order valence-corrected chi connectivity index (χ1v) is 22.9. The number of rotatable bonds is 26. The van der Waals surface area contributed by atoms with E-state index in [1.807, 2.05) is 55.7 Å². The zero-order valence-electron chi connectivity index (χ0n) is 38.0. The summed E-state index contributed by atoms with van der Waals surface area (Å²) in [6, 6.07) is 12.4. The Bertz CT molecular complexity index is 2020. The van der Waals surface area contributed by atoms with Crippen molar-refractivity contribution in [2.75, 3.05) is 64.1 Å². The van der Waals surface area contributed by atoms with Gasteiger partial charge in [0.05, 0.1) is 50.5 Å². The fourth-order valence-corrected chi connectivity index (χ4v) is 7.81. The van der Waals surface area contributed by atoms with Crippen LogP contribution in [0.4, 0.5) is 13.6 Å². The highest BCUT2D eigenvalue weighted by Crippen LogP contribution is 2.40. The van der Waals surface area contributed by atoms with E-state index >= 15 is 4.39 Å². The topological polar surface area (TPSA) is 161 Å². The van der Waals surface area contributed by atoms with Crippen molar-refractivity contribution in [2.45, 2.75) is 91.8 Å². The summed E-state index contributed by atoms with van der Waals surface area (Å²) in [5.41, 5.74) is -0.0154. The Morgan fingerprint density at radius 2 is 1.55 bits per heavy atom. The van der Waals surface area contributed by atoms with Crippen molar-refractivity contribution in [3.8, 4) is 11.3 Å². The Balaban J connectivity index is 1.32. The van der Waals surface area contributed by atoms with Crippen LogP contribution in [0.3, 0.4) is 0 Å². The van der Waals surface area contributed by atoms with Crippen molar-refractivity contribution in [1.29, 1.82) is 0 Å². The number of hydrogen-bond acceptors (Lipinski definition) is 10. The van der Waals surface area contributed by atoms with Gasteiger partial charge in [-0.1, -0.05) is 57.5 Å². The van der Waals surface area contributed by atoms with Crippen LogP contribution >= 0.6 is 11.8 Å². The van der Waals surface area contributed by atoms with E-state index in [1.54, 1.807) is 31.9 Å². The lowest BCUT2D eigenvalue weighted by atomic mass is 9.84. The van der Waals surface area contributed by atoms with Gasteiger partial charge < -0.3 is 34.3 Å². The molecule has 5 amide bonds. The number of unbranched alkanes of at least 4 members (excludes halogenated alkanes) is 2. The minimum absolute atomic E-state index is 0.0177. The molecule has 17 heteroatoms. The van der Waals surface area contributed by atoms with Gasteiger partial charge in [-0.2, -0.15) is 11.8 Å². The highest BCUT2D eigenvalue weighted by Gasteiger charge is 2.38. The van der Waals surface area contributed by atoms with Gasteiger partial charge in [0.2, 0.25) is 11.8 Å². The minimum Gasteiger partial charge on any atom is -0.444 e. The smallest absolute Gasteiger partial charge is 0.407 e. The first-order valence-electron chi connectivity index (χ1n) is 21.8. The van der Waals surface area contributed by atoms with Crippen molar-refractivity contribution in [3.63, 3.8) is 0 Å². The molecule has 2 heterocycles. The van der Waals surface area contributed by atoms with Crippen LogP contribution < -0.4 is 10.6 Å². The maximum Gasteiger partial charge on any atom is 0.407 e. The lowest BCUT2D eigenvalue weighted by Gasteiger charge is -2.40. The number of imidazole rings is 1. The molecule has 64 heavy (non-hydrogen) atoms. The molecule has 1 aromatic heterocycles. The van der Waals surface area contributed by atoms with E-state index in [0.717, 1.165) is 41.5 Å². The fourth-order valence-electron chi connectivity index (χ4n) is 6.91. The standard InChI is InChI=1S/C47H64F2N6O8S/c1-46(2,3)43(44-52-38(36-30-35(48)17-18-37(36)49)32-53(44)31-34-14-9-7-10-15-34)55(23-13-21-51-45(60)63-47(4,5)6)42(59)33-64-29-12-8-11-16-39(56)50-22-25-61-27-28-62-26-24-54-40(57)19-20-41(54)58/h7,9-10,14-15,17-20,30,32,43H,8,11-13,16,21-29,31,33H2,1-6H3,(H,50,56)(H,51,60). The quantitative estimate of drug-likeness (QED) is 0.0630. The summed E-state index contributed by atoms with van der Waals surface area (Å²) in [4.78, 5) is 70.2. The van der Waals surface area contributed by atoms with Gasteiger partial charge >= 0.3 is 6.09 Å². The summed E-state index contributed by atoms with van der Waals surface area (Å²) in [5, 5.41) is 5.63. The second kappa shape index (κ2) is 25.4. The van der Waals surface area contributed by atoms with E-state index in [9.17, 15) is 28.4 Å². The molecule has 1 aliphatic rings. The number of amides is 5. The zero-order chi connectivity index (χ0) is 46.7. The molecule has 4 rings (SSSR count). The number of hydrogen-bond donors (Lipinski definition) is 2. The molecule has 1 aliphatic heterocycles. The third kappa shape index (κ3) is 17.4. The number of alkyl carbamates (subject to hydrolysis) is 1. The van der Waals surface area contributed by atoms with E-state index < -0.39 is 34.8 Å². The number of aromatic nitrogens is 2. The van der Waals surface area contributed by atoms with Crippen LogP contribution in [0.2, 0.25) is 0 Å². The van der Waals surface area contributed by atoms with Gasteiger partial charge in [-0.25, -0.2) is 18.6 Å². The normalized spacial score (nSPS) is 13.3. The number of halogens is 2. The molecule has 1 unspecified atom stereocenters. The Kier molecular flexibility index (Phi) is 20.4. The molecule has 2 N–H and O–H groups in total. The van der Waals surface area contributed by atoms with Gasteiger partial charge in [0.1, 0.15) is 23.1 Å². The number of carbonyl (C=O) groups is 5. The Morgan fingerprint density at radius 3 is 2.23 bits per heavy atom. The fraction of sp³-hybridized carbons (Fsp3) is 0.532. The molecule has 0 saturated carbocycles. The molecular weight excluding hydrogens is 847 g/mol. The van der Waals surface area contributed by atoms with Gasteiger partial charge in [0.15, 0.2) is 0 Å². The van der Waals surface area contributed by atoms with E-state index in [1.165, 1.54) is 23.9 Å². The van der Waals surface area contributed by atoms with Crippen LogP contribution in [0.15, 0.2) is 66.9 Å². The van der Waals surface area contributed by atoms with Crippen LogP contribution in [-0.4, -0.2) is 119 Å². The van der Waals surface area contributed by atoms with Crippen molar-refractivity contribution >= 4 is 41.5 Å². The molecule has 350 valence electrons. The molecule has 0 bridgehead atoms. The molecule has 0 saturated heterocycles. The first-order chi connectivity index (χ1) is 30.4. The van der Waals surface area contributed by atoms with E-state index in [2.05, 4.69) is 10.6 Å². The predicted molar refractivity (Wildman–Crippen MR) is 242 cm³/mol. The summed E-state index contributed by atoms with van der Waals surface area (Å²) >= 11 is 1.51. The van der Waals surface area contributed by atoms with Crippen molar-refractivity contribution < 1.29 is 47.0 Å². The summed E-state index contributed by atoms with van der Waals surface area (Å²) in [7, 11) is 0. The highest BCUT2D eigenvalue weighted by atomic mass is 32.2. The molecule has 0 aliphatic carbocycles. The summed E-state index contributed by atoms with van der Waals surface area (Å²) in [6.07, 6.45) is 6.69. The second-order valence-corrected chi connectivity index (χ2v) is 18.6. The molecule has 2 aromatic carbocycles. The number of nitrogens with zero attached hydrogens (tertiary/aromatic N) is 4. The molecule has 0 radical (unpaired) electrons. The number of benzene rings is 2. The lowest BCUT2D eigenvalue weighted by molar-refractivity contribution is -0.138. The van der Waals surface area contributed by atoms with E-state index in [-0.39, 0.29) is 66.9 Å². The minimum atomic E-state index is -0.669. The third-order valence-corrected chi connectivity index (χ3v) is 10.9. The maximum atomic E-state index is 15.2. The molecule has 0 spiro atoms. The number of ether oxygens (including phenoxy) is 3. The third-order valence-electron chi connectivity index (χ3n) is 9.87. The summed E-state index contributed by atoms with van der Waals surface area (Å²) in [6.45, 7) is 14.0. The predicted octanol–water partition coefficient (Wildman–Crippen LogP) is 7.08. The summed E-state index contributed by atoms with van der Waals surface area (Å²) < 4.78 is 47.9. The average molecular weight is 911 g/mol. The van der Waals surface area contributed by atoms with E-state index in [0.29, 0.717) is 63.7 Å². The molecule has 0 fully saturated rings. The SMILES string of the molecule is CC(C)(C)OC(=O)NCCCN(C(=O)CSCCCCCC(=O)NCCOCCOCCN1C(=O)C=CC1=O)C(c1nc(-c2cc(F)ccc2F)cn1Cc1ccccc1)C(C)(C)C. The largest absolute Gasteiger partial charge is 0.444 e. The Morgan fingerprint density at radius 1 is 0.844 bits per heavy atom. The van der Waals surface area contributed by atoms with Crippen molar-refractivity contribution in [1.82, 2.24) is 30.0 Å². The molecule has 14 nitrogen and oxygen atoms in total. The monoisotopic (exact) mass is 910 g/mol. The Labute approximate surface area is 379 Å². The van der Waals surface area contributed by atoms with Crippen LogP contribution in [-0.2, 0) is 39.9 Å². The first kappa shape index (κ1) is 51.5. The molecule has 1 atom stereocenters. The van der Waals surface area contributed by atoms with E-state index in [4.69, 9.17) is 19.2 Å². The number of carbonyl (C=O) groups excluding carboxylic acids is 5. The van der Waals surface area contributed by atoms with Gasteiger partial charge in [-0.3, -0.25) is 24.1 Å². The highest BCUT2D eigenvalue weighted by molar-refractivity contribution is 7.99. The van der Waals surface area contributed by atoms with Gasteiger partial charge in [0, 0.05) is 56.5 Å². The zero-order valence-corrected chi connectivity index (χ0v) is 38.8. The van der Waals surface area contributed by atoms with Crippen molar-refractivity contribution in [3.05, 3.63) is 89.9 Å². The van der Waals surface area contributed by atoms with Crippen LogP contribution in [0, 0.1) is 17.0 Å². The van der Waals surface area contributed by atoms with Crippen LogP contribution in [0.1, 0.15) is 91.1 Å². The van der Waals surface area contributed by atoms with Gasteiger partial charge in [-0.15, -0.1) is 0 Å². The van der Waals surface area contributed by atoms with Gasteiger partial charge in [0.25, 0.3) is 11.8 Å².